The van der Waals surface area contributed by atoms with Gasteiger partial charge in [0.2, 0.25) is 11.8 Å². The van der Waals surface area contributed by atoms with E-state index in [0.29, 0.717) is 0 Å². The monoisotopic (exact) mass is 225 g/mol. The topological polar surface area (TPSA) is 37.4 Å². The van der Waals surface area contributed by atoms with Gasteiger partial charge >= 0.3 is 0 Å². The van der Waals surface area contributed by atoms with Gasteiger partial charge in [0.15, 0.2) is 0 Å². The summed E-state index contributed by atoms with van der Waals surface area (Å²) in [4.78, 5) is 23.8. The molecule has 2 aliphatic rings. The van der Waals surface area contributed by atoms with E-state index >= 15 is 0 Å². The average molecular weight is 225 g/mol. The van der Waals surface area contributed by atoms with E-state index in [4.69, 9.17) is 0 Å². The maximum Gasteiger partial charge on any atom is 0.243 e. The highest BCUT2D eigenvalue weighted by atomic mass is 32.2. The third kappa shape index (κ3) is 1.83. The summed E-state index contributed by atoms with van der Waals surface area (Å²) in [5, 5.41) is 0. The van der Waals surface area contributed by atoms with Gasteiger partial charge < -0.3 is 0 Å². The normalized spacial score (nSPS) is 29.8. The molecule has 0 spiro atoms. The van der Waals surface area contributed by atoms with Gasteiger partial charge in [-0.15, -0.1) is 0 Å². The number of amides is 2. The van der Waals surface area contributed by atoms with Crippen LogP contribution >= 0.6 is 11.9 Å². The van der Waals surface area contributed by atoms with Gasteiger partial charge in [0.05, 0.1) is 11.8 Å². The van der Waals surface area contributed by atoms with E-state index in [1.54, 1.807) is 0 Å². The highest BCUT2D eigenvalue weighted by Crippen LogP contribution is 2.38. The minimum Gasteiger partial charge on any atom is -0.273 e. The van der Waals surface area contributed by atoms with Crippen LogP contribution in [0.15, 0.2) is 12.2 Å². The van der Waals surface area contributed by atoms with Crippen LogP contribution in [0.4, 0.5) is 0 Å². The van der Waals surface area contributed by atoms with E-state index in [9.17, 15) is 9.59 Å². The number of carbonyl (C=O) groups excluding carboxylic acids is 2. The SMILES string of the molecule is CCCSN1C(=O)C2CC=CCC2C1=O. The van der Waals surface area contributed by atoms with Gasteiger partial charge in [-0.05, 0) is 31.2 Å². The molecule has 0 N–H and O–H groups in total. The number of fused-ring (bicyclic) bond motifs is 1. The van der Waals surface area contributed by atoms with Crippen LogP contribution in [0.25, 0.3) is 0 Å². The Morgan fingerprint density at radius 3 is 2.27 bits per heavy atom. The zero-order chi connectivity index (χ0) is 10.8. The molecular weight excluding hydrogens is 210 g/mol. The molecule has 2 amide bonds. The fraction of sp³-hybridized carbons (Fsp3) is 0.636. The second kappa shape index (κ2) is 4.39. The third-order valence-corrected chi connectivity index (χ3v) is 4.10. The predicted molar refractivity (Wildman–Crippen MR) is 60.0 cm³/mol. The number of hydrogen-bond donors (Lipinski definition) is 0. The van der Waals surface area contributed by atoms with Gasteiger partial charge in [-0.25, -0.2) is 4.31 Å². The van der Waals surface area contributed by atoms with Crippen LogP contribution < -0.4 is 0 Å². The maximum atomic E-state index is 11.9. The first-order valence-corrected chi connectivity index (χ1v) is 6.35. The summed E-state index contributed by atoms with van der Waals surface area (Å²) in [6.07, 6.45) is 6.48. The van der Waals surface area contributed by atoms with Crippen molar-refractivity contribution in [2.75, 3.05) is 5.75 Å². The largest absolute Gasteiger partial charge is 0.273 e. The Morgan fingerprint density at radius 2 is 1.80 bits per heavy atom. The number of hydrogen-bond acceptors (Lipinski definition) is 3. The molecule has 0 aromatic rings. The maximum absolute atomic E-state index is 11.9. The molecule has 1 fully saturated rings. The summed E-state index contributed by atoms with van der Waals surface area (Å²) < 4.78 is 1.39. The van der Waals surface area contributed by atoms with Crippen LogP contribution in [-0.2, 0) is 9.59 Å². The van der Waals surface area contributed by atoms with E-state index in [-0.39, 0.29) is 23.7 Å². The Morgan fingerprint density at radius 1 is 1.27 bits per heavy atom. The van der Waals surface area contributed by atoms with Crippen LogP contribution in [0.2, 0.25) is 0 Å². The molecule has 2 unspecified atom stereocenters. The third-order valence-electron chi connectivity index (χ3n) is 2.89. The second-order valence-corrected chi connectivity index (χ2v) is 4.99. The minimum atomic E-state index is -0.0770. The van der Waals surface area contributed by atoms with Crippen molar-refractivity contribution in [2.45, 2.75) is 26.2 Å². The number of carbonyl (C=O) groups is 2. The Labute approximate surface area is 94.0 Å². The summed E-state index contributed by atoms with van der Waals surface area (Å²) in [6, 6.07) is 0. The molecule has 0 aromatic carbocycles. The summed E-state index contributed by atoms with van der Waals surface area (Å²) >= 11 is 1.37. The van der Waals surface area contributed by atoms with Crippen molar-refractivity contribution in [3.05, 3.63) is 12.2 Å². The van der Waals surface area contributed by atoms with E-state index in [2.05, 4.69) is 0 Å². The molecule has 0 bridgehead atoms. The van der Waals surface area contributed by atoms with E-state index < -0.39 is 0 Å². The van der Waals surface area contributed by atoms with Crippen molar-refractivity contribution in [1.82, 2.24) is 4.31 Å². The minimum absolute atomic E-state index is 0.0211. The lowest BCUT2D eigenvalue weighted by atomic mass is 9.85. The smallest absolute Gasteiger partial charge is 0.243 e. The Balaban J connectivity index is 2.10. The van der Waals surface area contributed by atoms with Crippen molar-refractivity contribution in [3.63, 3.8) is 0 Å². The molecule has 2 atom stereocenters. The van der Waals surface area contributed by atoms with Crippen LogP contribution in [0.5, 0.6) is 0 Å². The Hall–Kier alpha value is -0.770. The van der Waals surface area contributed by atoms with Crippen LogP contribution in [0.3, 0.4) is 0 Å². The zero-order valence-corrected chi connectivity index (χ0v) is 9.63. The first-order chi connectivity index (χ1) is 7.25. The fourth-order valence-corrected chi connectivity index (χ4v) is 2.97. The molecule has 15 heavy (non-hydrogen) atoms. The van der Waals surface area contributed by atoms with Crippen LogP contribution in [-0.4, -0.2) is 21.9 Å². The van der Waals surface area contributed by atoms with Gasteiger partial charge in [-0.2, -0.15) is 0 Å². The Bertz CT molecular complexity index is 288. The first kappa shape index (κ1) is 10.7. The Kier molecular flexibility index (Phi) is 3.14. The molecule has 0 radical (unpaired) electrons. The van der Waals surface area contributed by atoms with Gasteiger partial charge in [-0.3, -0.25) is 9.59 Å². The molecule has 2 rings (SSSR count). The second-order valence-electron chi connectivity index (χ2n) is 3.96. The highest BCUT2D eigenvalue weighted by molar-refractivity contribution is 7.98. The molecule has 3 nitrogen and oxygen atoms in total. The number of imide groups is 1. The summed E-state index contributed by atoms with van der Waals surface area (Å²) in [6.45, 7) is 2.05. The molecule has 4 heteroatoms. The lowest BCUT2D eigenvalue weighted by Crippen LogP contribution is -2.24. The first-order valence-electron chi connectivity index (χ1n) is 5.41. The zero-order valence-electron chi connectivity index (χ0n) is 8.81. The molecular formula is C11H15NO2S. The van der Waals surface area contributed by atoms with Crippen molar-refractivity contribution in [2.24, 2.45) is 11.8 Å². The van der Waals surface area contributed by atoms with Crippen molar-refractivity contribution < 1.29 is 9.59 Å². The van der Waals surface area contributed by atoms with Crippen LogP contribution in [0.1, 0.15) is 26.2 Å². The van der Waals surface area contributed by atoms with Gasteiger partial charge in [0.25, 0.3) is 0 Å². The fourth-order valence-electron chi connectivity index (χ4n) is 2.08. The standard InChI is InChI=1S/C11H15NO2S/c1-2-7-15-12-10(13)8-5-3-4-6-9(8)11(12)14/h3-4,8-9H,2,5-7H2,1H3. The number of rotatable bonds is 3. The molecule has 1 saturated heterocycles. The molecule has 1 heterocycles. The highest BCUT2D eigenvalue weighted by Gasteiger charge is 2.47. The molecule has 1 aliphatic heterocycles. The summed E-state index contributed by atoms with van der Waals surface area (Å²) in [5.74, 6) is 0.726. The molecule has 82 valence electrons. The van der Waals surface area contributed by atoms with Crippen molar-refractivity contribution >= 4 is 23.8 Å². The van der Waals surface area contributed by atoms with E-state index in [1.807, 2.05) is 19.1 Å². The van der Waals surface area contributed by atoms with E-state index in [1.165, 1.54) is 16.3 Å². The molecule has 0 aromatic heterocycles. The predicted octanol–water partition coefficient (Wildman–Crippen LogP) is 2.00. The molecule has 0 saturated carbocycles. The van der Waals surface area contributed by atoms with Crippen molar-refractivity contribution in [3.8, 4) is 0 Å². The summed E-state index contributed by atoms with van der Waals surface area (Å²) in [7, 11) is 0. The number of nitrogens with zero attached hydrogens (tertiary/aromatic N) is 1. The summed E-state index contributed by atoms with van der Waals surface area (Å²) in [5.41, 5.74) is 0. The lowest BCUT2D eigenvalue weighted by Gasteiger charge is -2.14. The van der Waals surface area contributed by atoms with E-state index in [0.717, 1.165) is 25.0 Å². The van der Waals surface area contributed by atoms with Crippen LogP contribution in [0, 0.1) is 11.8 Å². The average Bonchev–Trinajstić information content (AvgIpc) is 2.51. The van der Waals surface area contributed by atoms with Gasteiger partial charge in [0, 0.05) is 5.75 Å². The van der Waals surface area contributed by atoms with Gasteiger partial charge in [-0.1, -0.05) is 19.1 Å². The quantitative estimate of drug-likeness (QED) is 0.419. The van der Waals surface area contributed by atoms with Gasteiger partial charge in [0.1, 0.15) is 0 Å². The molecule has 1 aliphatic carbocycles. The lowest BCUT2D eigenvalue weighted by molar-refractivity contribution is -0.133. The number of allylic oxidation sites excluding steroid dienone is 2. The van der Waals surface area contributed by atoms with Crippen molar-refractivity contribution in [1.29, 1.82) is 0 Å².